The summed E-state index contributed by atoms with van der Waals surface area (Å²) in [5.41, 5.74) is 1.70. The largest absolute Gasteiger partial charge is 0.355 e. The number of hydrogen-bond donors (Lipinski definition) is 1. The second kappa shape index (κ2) is 10.1. The van der Waals surface area contributed by atoms with Gasteiger partial charge in [0.2, 0.25) is 15.9 Å². The Kier molecular flexibility index (Phi) is 7.80. The van der Waals surface area contributed by atoms with Crippen LogP contribution in [-0.4, -0.2) is 38.3 Å². The highest BCUT2D eigenvalue weighted by atomic mass is 35.5. The van der Waals surface area contributed by atoms with E-state index < -0.39 is 10.0 Å². The quantitative estimate of drug-likeness (QED) is 0.652. The van der Waals surface area contributed by atoms with Crippen LogP contribution >= 0.6 is 23.2 Å². The number of carbonyl (C=O) groups is 1. The zero-order valence-electron chi connectivity index (χ0n) is 16.9. The molecule has 3 rings (SSSR count). The molecule has 0 aliphatic carbocycles. The van der Waals surface area contributed by atoms with E-state index in [1.54, 1.807) is 18.2 Å². The van der Waals surface area contributed by atoms with Gasteiger partial charge in [0, 0.05) is 35.6 Å². The van der Waals surface area contributed by atoms with Crippen molar-refractivity contribution in [3.05, 3.63) is 69.7 Å². The van der Waals surface area contributed by atoms with Crippen molar-refractivity contribution in [3.8, 4) is 0 Å². The molecule has 2 aromatic rings. The molecule has 1 amide bonds. The van der Waals surface area contributed by atoms with Gasteiger partial charge in [-0.15, -0.1) is 0 Å². The first-order valence-electron chi connectivity index (χ1n) is 10.0. The number of sulfonamides is 1. The molecule has 30 heavy (non-hydrogen) atoms. The molecule has 5 nitrogen and oxygen atoms in total. The Balaban J connectivity index is 1.50. The predicted molar refractivity (Wildman–Crippen MR) is 121 cm³/mol. The summed E-state index contributed by atoms with van der Waals surface area (Å²) < 4.78 is 27.0. The first-order valence-corrected chi connectivity index (χ1v) is 12.4. The summed E-state index contributed by atoms with van der Waals surface area (Å²) in [6.07, 6.45) is 1.03. The van der Waals surface area contributed by atoms with Gasteiger partial charge in [-0.2, -0.15) is 0 Å². The molecule has 1 aliphatic heterocycles. The first kappa shape index (κ1) is 23.1. The monoisotopic (exact) mass is 468 g/mol. The molecule has 1 fully saturated rings. The number of carbonyl (C=O) groups excluding carboxylic acids is 1. The van der Waals surface area contributed by atoms with Crippen molar-refractivity contribution >= 4 is 39.1 Å². The van der Waals surface area contributed by atoms with Gasteiger partial charge in [-0.3, -0.25) is 4.79 Å². The van der Waals surface area contributed by atoms with Crippen molar-refractivity contribution in [1.82, 2.24) is 9.62 Å². The van der Waals surface area contributed by atoms with E-state index in [1.807, 2.05) is 30.3 Å². The Bertz CT molecular complexity index is 975. The normalized spacial score (nSPS) is 16.9. The average Bonchev–Trinajstić information content (AvgIpc) is 2.74. The number of benzene rings is 2. The van der Waals surface area contributed by atoms with Crippen LogP contribution in [0.3, 0.4) is 0 Å². The molecular formula is C22H26Cl2N2O3S. The fraction of sp³-hybridized carbons (Fsp3) is 0.409. The van der Waals surface area contributed by atoms with Gasteiger partial charge in [-0.05, 0) is 42.0 Å². The molecule has 1 N–H and O–H groups in total. The Morgan fingerprint density at radius 1 is 1.13 bits per heavy atom. The van der Waals surface area contributed by atoms with Gasteiger partial charge >= 0.3 is 0 Å². The van der Waals surface area contributed by atoms with Crippen LogP contribution in [0.2, 0.25) is 10.0 Å². The van der Waals surface area contributed by atoms with Crippen molar-refractivity contribution in [2.24, 2.45) is 5.92 Å². The second-order valence-electron chi connectivity index (χ2n) is 7.72. The highest BCUT2D eigenvalue weighted by Crippen LogP contribution is 2.26. The van der Waals surface area contributed by atoms with Gasteiger partial charge in [0.05, 0.1) is 5.75 Å². The Morgan fingerprint density at radius 3 is 2.43 bits per heavy atom. The summed E-state index contributed by atoms with van der Waals surface area (Å²) in [5.74, 6) is -0.122. The molecule has 8 heteroatoms. The van der Waals surface area contributed by atoms with Crippen LogP contribution in [-0.2, 0) is 20.6 Å². The third-order valence-electron chi connectivity index (χ3n) is 5.52. The SMILES string of the molecule is C[C@H](CNC(=O)C1CCN(S(=O)(=O)Cc2ccc(Cl)cc2Cl)CC1)c1ccccc1. The van der Waals surface area contributed by atoms with Crippen LogP contribution in [0.1, 0.15) is 36.8 Å². The zero-order valence-corrected chi connectivity index (χ0v) is 19.2. The topological polar surface area (TPSA) is 66.5 Å². The Hall–Kier alpha value is -1.60. The minimum atomic E-state index is -3.51. The number of amides is 1. The van der Waals surface area contributed by atoms with Crippen LogP contribution < -0.4 is 5.32 Å². The van der Waals surface area contributed by atoms with E-state index in [1.165, 1.54) is 9.87 Å². The molecular weight excluding hydrogens is 443 g/mol. The van der Waals surface area contributed by atoms with Gasteiger partial charge in [0.15, 0.2) is 0 Å². The average molecular weight is 469 g/mol. The van der Waals surface area contributed by atoms with E-state index in [-0.39, 0.29) is 23.5 Å². The Morgan fingerprint density at radius 2 is 1.80 bits per heavy atom. The number of nitrogens with one attached hydrogen (secondary N) is 1. The van der Waals surface area contributed by atoms with Crippen molar-refractivity contribution in [1.29, 1.82) is 0 Å². The zero-order chi connectivity index (χ0) is 21.7. The van der Waals surface area contributed by atoms with Crippen LogP contribution in [0.25, 0.3) is 0 Å². The van der Waals surface area contributed by atoms with Crippen molar-refractivity contribution < 1.29 is 13.2 Å². The lowest BCUT2D eigenvalue weighted by Gasteiger charge is -2.31. The minimum Gasteiger partial charge on any atom is -0.355 e. The van der Waals surface area contributed by atoms with Crippen molar-refractivity contribution in [2.75, 3.05) is 19.6 Å². The number of piperidine rings is 1. The lowest BCUT2D eigenvalue weighted by atomic mass is 9.96. The lowest BCUT2D eigenvalue weighted by molar-refractivity contribution is -0.126. The van der Waals surface area contributed by atoms with Gasteiger partial charge < -0.3 is 5.32 Å². The summed E-state index contributed by atoms with van der Waals surface area (Å²) in [5, 5.41) is 3.83. The second-order valence-corrected chi connectivity index (χ2v) is 10.5. The van der Waals surface area contributed by atoms with Crippen LogP contribution in [0, 0.1) is 5.92 Å². The molecule has 0 spiro atoms. The maximum absolute atomic E-state index is 12.8. The third-order valence-corrected chi connectivity index (χ3v) is 7.94. The van der Waals surface area contributed by atoms with Crippen LogP contribution in [0.15, 0.2) is 48.5 Å². The molecule has 0 radical (unpaired) electrons. The summed E-state index contributed by atoms with van der Waals surface area (Å²) in [4.78, 5) is 12.5. The van der Waals surface area contributed by atoms with E-state index in [4.69, 9.17) is 23.2 Å². The van der Waals surface area contributed by atoms with E-state index in [2.05, 4.69) is 12.2 Å². The summed E-state index contributed by atoms with van der Waals surface area (Å²) in [6.45, 7) is 3.31. The smallest absolute Gasteiger partial charge is 0.223 e. The predicted octanol–water partition coefficient (Wildman–Crippen LogP) is 4.46. The number of rotatable bonds is 7. The third kappa shape index (κ3) is 5.97. The Labute approximate surface area is 188 Å². The molecule has 1 saturated heterocycles. The van der Waals surface area contributed by atoms with E-state index >= 15 is 0 Å². The van der Waals surface area contributed by atoms with Gasteiger partial charge in [-0.1, -0.05) is 66.5 Å². The van der Waals surface area contributed by atoms with Crippen molar-refractivity contribution in [3.63, 3.8) is 0 Å². The molecule has 0 aromatic heterocycles. The van der Waals surface area contributed by atoms with Crippen molar-refractivity contribution in [2.45, 2.75) is 31.4 Å². The van der Waals surface area contributed by atoms with Gasteiger partial charge in [-0.25, -0.2) is 12.7 Å². The van der Waals surface area contributed by atoms with E-state index in [0.29, 0.717) is 48.1 Å². The summed E-state index contributed by atoms with van der Waals surface area (Å²) >= 11 is 12.0. The van der Waals surface area contributed by atoms with Gasteiger partial charge in [0.1, 0.15) is 0 Å². The molecule has 1 aliphatic rings. The highest BCUT2D eigenvalue weighted by molar-refractivity contribution is 7.88. The number of halogens is 2. The molecule has 2 aromatic carbocycles. The number of nitrogens with zero attached hydrogens (tertiary/aromatic N) is 1. The fourth-order valence-electron chi connectivity index (χ4n) is 3.62. The maximum Gasteiger partial charge on any atom is 0.223 e. The first-order chi connectivity index (χ1) is 14.3. The molecule has 0 bridgehead atoms. The molecule has 0 saturated carbocycles. The molecule has 1 heterocycles. The van der Waals surface area contributed by atoms with E-state index in [0.717, 1.165) is 0 Å². The van der Waals surface area contributed by atoms with Crippen LogP contribution in [0.4, 0.5) is 0 Å². The lowest BCUT2D eigenvalue weighted by Crippen LogP contribution is -2.43. The van der Waals surface area contributed by atoms with E-state index in [9.17, 15) is 13.2 Å². The number of hydrogen-bond acceptors (Lipinski definition) is 3. The maximum atomic E-state index is 12.8. The standard InChI is InChI=1S/C22H26Cl2N2O3S/c1-16(17-5-3-2-4-6-17)14-25-22(27)18-9-11-26(12-10-18)30(28,29)15-19-7-8-20(23)13-21(19)24/h2-8,13,16,18H,9-12,14-15H2,1H3,(H,25,27)/t16-/m1/s1. The van der Waals surface area contributed by atoms with Gasteiger partial charge in [0.25, 0.3) is 0 Å². The minimum absolute atomic E-state index is 0.00410. The fourth-order valence-corrected chi connectivity index (χ4v) is 5.77. The molecule has 162 valence electrons. The van der Waals surface area contributed by atoms with Crippen LogP contribution in [0.5, 0.6) is 0 Å². The highest BCUT2D eigenvalue weighted by Gasteiger charge is 2.31. The summed E-state index contributed by atoms with van der Waals surface area (Å²) in [7, 11) is -3.51. The molecule has 1 atom stereocenters. The molecule has 0 unspecified atom stereocenters. The summed E-state index contributed by atoms with van der Waals surface area (Å²) in [6, 6.07) is 14.8.